The molecule has 0 radical (unpaired) electrons. The van der Waals surface area contributed by atoms with Gasteiger partial charge in [0.05, 0.1) is 17.9 Å². The molecule has 3 aliphatic carbocycles. The lowest BCUT2D eigenvalue weighted by Gasteiger charge is -2.50. The summed E-state index contributed by atoms with van der Waals surface area (Å²) in [5.41, 5.74) is 3.84. The Morgan fingerprint density at radius 1 is 1.12 bits per heavy atom. The number of nitrogens with two attached hydrogens (primary N) is 1. The van der Waals surface area contributed by atoms with Gasteiger partial charge in [-0.1, -0.05) is 6.42 Å². The number of furan rings is 1. The van der Waals surface area contributed by atoms with E-state index in [0.29, 0.717) is 23.4 Å². The molecule has 4 atom stereocenters. The Hall–Kier alpha value is -3.93. The molecule has 1 aromatic carbocycles. The number of hydrogen-bond acceptors (Lipinski definition) is 10. The molecule has 1 amide bonds. The van der Waals surface area contributed by atoms with Crippen LogP contribution < -0.4 is 5.73 Å². The van der Waals surface area contributed by atoms with Gasteiger partial charge in [-0.05, 0) is 82.5 Å². The maximum Gasteiger partial charge on any atom is 0.255 e. The number of Topliss-reactive ketones (excluding diaryl/α,β-unsaturated/α-hetero) is 2. The van der Waals surface area contributed by atoms with Crippen LogP contribution in [0.4, 0.5) is 0 Å². The molecule has 2 aromatic rings. The number of benzene rings is 1. The lowest BCUT2D eigenvalue weighted by Crippen LogP contribution is -2.63. The smallest absolute Gasteiger partial charge is 0.255 e. The molecule has 0 spiro atoms. The first-order chi connectivity index (χ1) is 20.0. The third-order valence-electron chi connectivity index (χ3n) is 9.44. The van der Waals surface area contributed by atoms with E-state index < -0.39 is 58.0 Å². The van der Waals surface area contributed by atoms with Gasteiger partial charge in [-0.25, -0.2) is 0 Å². The van der Waals surface area contributed by atoms with Crippen molar-refractivity contribution < 1.29 is 39.2 Å². The average Bonchev–Trinajstić information content (AvgIpc) is 3.38. The number of ketones is 2. The minimum atomic E-state index is -2.67. The molecule has 11 heteroatoms. The second kappa shape index (κ2) is 10.1. The van der Waals surface area contributed by atoms with E-state index in [4.69, 9.17) is 10.2 Å². The fraction of sp³-hybridized carbons (Fsp3) is 0.452. The number of carbonyl (C=O) groups is 3. The number of phenolic OH excluding ortho intramolecular Hbond substituents is 1. The number of primary amides is 1. The molecule has 0 saturated carbocycles. The van der Waals surface area contributed by atoms with Crippen molar-refractivity contribution in [3.63, 3.8) is 0 Å². The van der Waals surface area contributed by atoms with Gasteiger partial charge < -0.3 is 30.6 Å². The number of aliphatic hydroxyl groups is 3. The van der Waals surface area contributed by atoms with Crippen LogP contribution in [0.1, 0.15) is 47.2 Å². The van der Waals surface area contributed by atoms with Crippen molar-refractivity contribution in [2.45, 2.75) is 50.3 Å². The third kappa shape index (κ3) is 4.02. The monoisotopic (exact) mass is 577 g/mol. The highest BCUT2D eigenvalue weighted by Gasteiger charge is 2.63. The van der Waals surface area contributed by atoms with E-state index in [1.165, 1.54) is 17.4 Å². The van der Waals surface area contributed by atoms with Crippen molar-refractivity contribution in [1.29, 1.82) is 0 Å². The number of fused-ring (bicyclic) bond motifs is 3. The van der Waals surface area contributed by atoms with Crippen LogP contribution in [0.15, 0.2) is 51.5 Å². The largest absolute Gasteiger partial charge is 0.510 e. The summed E-state index contributed by atoms with van der Waals surface area (Å²) in [5.74, 6) is -6.14. The zero-order valence-corrected chi connectivity index (χ0v) is 23.6. The van der Waals surface area contributed by atoms with Gasteiger partial charge in [-0.15, -0.1) is 0 Å². The number of likely N-dealkylation sites (N-methyl/N-ethyl adjacent to an activating group) is 1. The number of nitrogens with zero attached hydrogens (tertiary/aromatic N) is 2. The van der Waals surface area contributed by atoms with E-state index in [2.05, 4.69) is 4.90 Å². The first-order valence-electron chi connectivity index (χ1n) is 14.3. The number of piperidine rings is 1. The van der Waals surface area contributed by atoms with Crippen LogP contribution in [0, 0.1) is 11.8 Å². The fourth-order valence-electron chi connectivity index (χ4n) is 7.52. The third-order valence-corrected chi connectivity index (χ3v) is 9.44. The Kier molecular flexibility index (Phi) is 6.79. The fourth-order valence-corrected chi connectivity index (χ4v) is 7.52. The topological polar surface area (TPSA) is 178 Å². The number of allylic oxidation sites excluding steroid dienone is 1. The normalized spacial score (nSPS) is 28.1. The van der Waals surface area contributed by atoms with E-state index in [1.807, 2.05) is 6.07 Å². The summed E-state index contributed by atoms with van der Waals surface area (Å²) in [7, 11) is 3.20. The Morgan fingerprint density at radius 2 is 1.83 bits per heavy atom. The van der Waals surface area contributed by atoms with Crippen molar-refractivity contribution in [3.8, 4) is 17.1 Å². The maximum absolute atomic E-state index is 14.0. The van der Waals surface area contributed by atoms with Crippen molar-refractivity contribution in [2.75, 3.05) is 27.2 Å². The summed E-state index contributed by atoms with van der Waals surface area (Å²) in [4.78, 5) is 43.5. The van der Waals surface area contributed by atoms with Crippen LogP contribution in [0.2, 0.25) is 0 Å². The van der Waals surface area contributed by atoms with E-state index in [0.717, 1.165) is 31.5 Å². The summed E-state index contributed by atoms with van der Waals surface area (Å²) in [6, 6.07) is 3.98. The predicted molar refractivity (Wildman–Crippen MR) is 151 cm³/mol. The van der Waals surface area contributed by atoms with Crippen LogP contribution >= 0.6 is 0 Å². The lowest BCUT2D eigenvalue weighted by molar-refractivity contribution is -0.148. The van der Waals surface area contributed by atoms with Gasteiger partial charge in [-0.2, -0.15) is 0 Å². The molecule has 0 unspecified atom stereocenters. The Bertz CT molecular complexity index is 1560. The molecule has 6 rings (SSSR count). The molecule has 222 valence electrons. The zero-order chi connectivity index (χ0) is 30.1. The first kappa shape index (κ1) is 28.2. The molecular weight excluding hydrogens is 542 g/mol. The van der Waals surface area contributed by atoms with Gasteiger partial charge in [0.15, 0.2) is 11.4 Å². The summed E-state index contributed by atoms with van der Waals surface area (Å²) in [6.07, 6.45) is 5.30. The van der Waals surface area contributed by atoms with E-state index >= 15 is 0 Å². The average molecular weight is 578 g/mol. The molecule has 1 saturated heterocycles. The van der Waals surface area contributed by atoms with Gasteiger partial charge >= 0.3 is 0 Å². The number of hydrogen-bond donors (Lipinski definition) is 5. The van der Waals surface area contributed by atoms with Gasteiger partial charge in [0, 0.05) is 29.2 Å². The molecular formula is C31H35N3O8. The molecule has 4 aliphatic rings. The SMILES string of the molecule is CN(C)[C@@H]1C(O)=C(C(N)=O)C(=O)[C@@]2(O)C(O)=C3C(=O)c4c(O)ccc(-c5occc5CN5CCCCC5)c4C[C@H]3C[C@@H]12. The number of aromatic hydroxyl groups is 1. The number of phenols is 1. The number of rotatable bonds is 5. The van der Waals surface area contributed by atoms with E-state index in [1.54, 1.807) is 26.4 Å². The standard InChI is InChI=1S/C31H35N3O8/c1-33(2)24-19-13-16-12-18-17(27-15(8-11-42-27)14-34-9-4-3-5-10-34)6-7-20(35)22(18)25(36)21(16)28(38)31(19,41)29(39)23(26(24)37)30(32)40/h6-8,11,16,19,24,35,37-38,41H,3-5,9-10,12-14H2,1-2H3,(H2,32,40)/t16-,19-,24-,31-/m0/s1. The molecule has 1 fully saturated rings. The van der Waals surface area contributed by atoms with Crippen LogP contribution in [0.3, 0.4) is 0 Å². The number of carbonyl (C=O) groups excluding carboxylic acids is 3. The van der Waals surface area contributed by atoms with Crippen LogP contribution in [0.25, 0.3) is 11.3 Å². The molecule has 11 nitrogen and oxygen atoms in total. The van der Waals surface area contributed by atoms with Crippen molar-refractivity contribution in [3.05, 3.63) is 63.8 Å². The summed E-state index contributed by atoms with van der Waals surface area (Å²) in [5, 5.41) is 45.1. The number of aliphatic hydroxyl groups excluding tert-OH is 2. The Labute approximate surface area is 242 Å². The minimum Gasteiger partial charge on any atom is -0.510 e. The van der Waals surface area contributed by atoms with Gasteiger partial charge in [0.1, 0.15) is 28.6 Å². The molecule has 2 heterocycles. The molecule has 1 aromatic heterocycles. The van der Waals surface area contributed by atoms with E-state index in [9.17, 15) is 34.8 Å². The second-order valence-corrected chi connectivity index (χ2v) is 12.1. The van der Waals surface area contributed by atoms with Gasteiger partial charge in [0.2, 0.25) is 5.78 Å². The highest BCUT2D eigenvalue weighted by atomic mass is 16.3. The molecule has 6 N–H and O–H groups in total. The number of amides is 1. The quantitative estimate of drug-likeness (QED) is 0.331. The number of likely N-dealkylation sites (tertiary alicyclic amines) is 1. The second-order valence-electron chi connectivity index (χ2n) is 12.1. The molecule has 0 bridgehead atoms. The molecule has 42 heavy (non-hydrogen) atoms. The predicted octanol–water partition coefficient (Wildman–Crippen LogP) is 2.37. The van der Waals surface area contributed by atoms with Crippen molar-refractivity contribution in [2.24, 2.45) is 17.6 Å². The first-order valence-corrected chi connectivity index (χ1v) is 14.3. The van der Waals surface area contributed by atoms with Gasteiger partial charge in [-0.3, -0.25) is 24.2 Å². The zero-order valence-electron chi connectivity index (χ0n) is 23.6. The lowest BCUT2D eigenvalue weighted by atomic mass is 9.58. The summed E-state index contributed by atoms with van der Waals surface area (Å²) in [6.45, 7) is 2.66. The van der Waals surface area contributed by atoms with Crippen molar-refractivity contribution >= 4 is 17.5 Å². The van der Waals surface area contributed by atoms with Gasteiger partial charge in [0.25, 0.3) is 5.91 Å². The molecule has 1 aliphatic heterocycles. The Morgan fingerprint density at radius 3 is 2.50 bits per heavy atom. The van der Waals surface area contributed by atoms with Crippen LogP contribution in [0.5, 0.6) is 5.75 Å². The Balaban J connectivity index is 1.47. The summed E-state index contributed by atoms with van der Waals surface area (Å²) >= 11 is 0. The highest BCUT2D eigenvalue weighted by Crippen LogP contribution is 2.53. The van der Waals surface area contributed by atoms with Crippen LogP contribution in [-0.4, -0.2) is 86.5 Å². The maximum atomic E-state index is 14.0. The van der Waals surface area contributed by atoms with Crippen molar-refractivity contribution in [1.82, 2.24) is 9.80 Å². The summed E-state index contributed by atoms with van der Waals surface area (Å²) < 4.78 is 5.95. The minimum absolute atomic E-state index is 0.0274. The highest BCUT2D eigenvalue weighted by molar-refractivity contribution is 6.24. The van der Waals surface area contributed by atoms with Crippen LogP contribution in [-0.2, 0) is 22.6 Å². The van der Waals surface area contributed by atoms with E-state index in [-0.39, 0.29) is 29.7 Å².